The van der Waals surface area contributed by atoms with Gasteiger partial charge in [0.2, 0.25) is 5.91 Å². The molecule has 0 bridgehead atoms. The largest absolute Gasteiger partial charge is 0.508 e. The SMILES string of the molecule is O=C(O)CCC(NC(=O)NC(CCCCNC(=O)CCCCCN(Cc1ccc(OCc2cn(CCCNC(=O)N(CCNCCNCCN=Cc3ccccc3O)Cc3ccccc3O)nn2)cc1)Cc1nccn1CC(=O)O)C(=O)O)C(=O)O. The van der Waals surface area contributed by atoms with Gasteiger partial charge in [-0.15, -0.1) is 5.10 Å². The summed E-state index contributed by atoms with van der Waals surface area (Å²) >= 11 is 0. The second-order valence-electron chi connectivity index (χ2n) is 20.2. The molecule has 5 amide bonds. The molecule has 0 aliphatic rings. The van der Waals surface area contributed by atoms with E-state index in [1.54, 1.807) is 75.4 Å². The molecule has 5 rings (SSSR count). The Hall–Kier alpha value is -9.15. The second-order valence-corrected chi connectivity index (χ2v) is 20.2. The van der Waals surface area contributed by atoms with Gasteiger partial charge >= 0.3 is 35.9 Å². The molecule has 0 aliphatic carbocycles. The zero-order valence-electron chi connectivity index (χ0n) is 48.1. The van der Waals surface area contributed by atoms with Gasteiger partial charge < -0.3 is 76.7 Å². The number of rotatable bonds is 43. The third kappa shape index (κ3) is 26.6. The zero-order chi connectivity index (χ0) is 61.9. The minimum absolute atomic E-state index is 0.00557. The number of hydrogen-bond acceptors (Lipinski definition) is 17. The summed E-state index contributed by atoms with van der Waals surface area (Å²) < 4.78 is 9.32. The molecule has 2 aromatic heterocycles. The third-order valence-electron chi connectivity index (χ3n) is 13.4. The van der Waals surface area contributed by atoms with Crippen LogP contribution in [0.4, 0.5) is 9.59 Å². The van der Waals surface area contributed by atoms with E-state index in [1.807, 2.05) is 36.4 Å². The van der Waals surface area contributed by atoms with Crippen molar-refractivity contribution < 1.29 is 68.9 Å². The highest BCUT2D eigenvalue weighted by molar-refractivity contribution is 5.86. The Morgan fingerprint density at radius 3 is 2.10 bits per heavy atom. The highest BCUT2D eigenvalue weighted by atomic mass is 16.5. The number of aromatic hydroxyl groups is 2. The Kier molecular flexibility index (Phi) is 29.8. The fourth-order valence-electron chi connectivity index (χ4n) is 8.74. The molecule has 2 unspecified atom stereocenters. The normalized spacial score (nSPS) is 11.9. The minimum atomic E-state index is -1.51. The van der Waals surface area contributed by atoms with Crippen LogP contribution in [0.1, 0.15) is 92.4 Å². The standard InChI is InChI=1S/C58H80N14O14/c73-49-14-5-3-11-43(49)35-61-28-27-59-25-26-60-29-33-71(37-44-12-4-6-15-50(44)74)58(85)64-24-10-32-72-38-45(67-68-72)41-86-46-19-17-42(18-20-46)36-69(39-51-62-30-34-70(51)40-54(78)79)31-9-1-2-16-52(75)63-23-8-7-13-47(55(80)81)65-57(84)66-48(56(82)83)21-22-53(76)77/h3-6,11-12,14-15,17-20,30,34-35,38,47-48,59-60,73-74H,1-2,7-10,13,16,21-29,31-33,36-37,39-41H2,(H,63,75)(H,64,85)(H,76,77)(H,78,79)(H,80,81)(H,82,83)(H2,65,66,84). The molecule has 3 aromatic carbocycles. The summed E-state index contributed by atoms with van der Waals surface area (Å²) in [5.74, 6) is -3.70. The number of amides is 5. The highest BCUT2D eigenvalue weighted by Crippen LogP contribution is 2.20. The number of carboxylic acid groups (broad SMARTS) is 4. The smallest absolute Gasteiger partial charge is 0.326 e. The number of ether oxygens (including phenoxy) is 1. The van der Waals surface area contributed by atoms with Crippen molar-refractivity contribution in [2.45, 2.75) is 116 Å². The maximum absolute atomic E-state index is 13.4. The average molecular weight is 1200 g/mol. The number of imidazole rings is 1. The number of carboxylic acids is 4. The molecule has 0 radical (unpaired) electrons. The Morgan fingerprint density at radius 2 is 1.38 bits per heavy atom. The summed E-state index contributed by atoms with van der Waals surface area (Å²) in [5.41, 5.74) is 2.89. The van der Waals surface area contributed by atoms with Gasteiger partial charge in [-0.1, -0.05) is 54.1 Å². The monoisotopic (exact) mass is 1200 g/mol. The van der Waals surface area contributed by atoms with E-state index in [2.05, 4.69) is 57.1 Å². The molecule has 466 valence electrons. The van der Waals surface area contributed by atoms with Crippen LogP contribution in [0.5, 0.6) is 17.2 Å². The quantitative estimate of drug-likeness (QED) is 0.0197. The number of nitrogens with one attached hydrogen (secondary N) is 6. The number of aromatic nitrogens is 5. The molecule has 0 saturated heterocycles. The number of phenols is 2. The van der Waals surface area contributed by atoms with Gasteiger partial charge in [-0.3, -0.25) is 29.0 Å². The Balaban J connectivity index is 0.991. The van der Waals surface area contributed by atoms with Crippen LogP contribution in [0, 0.1) is 0 Å². The molecular weight excluding hydrogens is 1120 g/mol. The number of carbonyl (C=O) groups excluding carboxylic acids is 3. The summed E-state index contributed by atoms with van der Waals surface area (Å²) in [6, 6.07) is 17.4. The molecule has 2 heterocycles. The van der Waals surface area contributed by atoms with Gasteiger partial charge in [0.1, 0.15) is 54.0 Å². The average Bonchev–Trinajstić information content (AvgIpc) is 4.24. The maximum Gasteiger partial charge on any atom is 0.326 e. The summed E-state index contributed by atoms with van der Waals surface area (Å²) in [7, 11) is 0. The molecule has 86 heavy (non-hydrogen) atoms. The molecule has 0 fully saturated rings. The number of aliphatic carboxylic acids is 4. The van der Waals surface area contributed by atoms with Crippen molar-refractivity contribution in [3.63, 3.8) is 0 Å². The molecule has 28 nitrogen and oxygen atoms in total. The van der Waals surface area contributed by atoms with Gasteiger partial charge in [0, 0.05) is 101 Å². The molecular formula is C58H80N14O14. The zero-order valence-corrected chi connectivity index (χ0v) is 48.1. The molecule has 12 N–H and O–H groups in total. The first kappa shape index (κ1) is 67.6. The Morgan fingerprint density at radius 1 is 0.674 bits per heavy atom. The molecule has 5 aromatic rings. The van der Waals surface area contributed by atoms with Crippen LogP contribution in [0.25, 0.3) is 0 Å². The van der Waals surface area contributed by atoms with Crippen molar-refractivity contribution in [2.24, 2.45) is 4.99 Å². The van der Waals surface area contributed by atoms with Crippen molar-refractivity contribution in [3.05, 3.63) is 120 Å². The van der Waals surface area contributed by atoms with E-state index in [0.717, 1.165) is 18.4 Å². The van der Waals surface area contributed by atoms with E-state index < -0.39 is 48.4 Å². The number of unbranched alkanes of at least 4 members (excludes halogenated alkanes) is 3. The van der Waals surface area contributed by atoms with Crippen molar-refractivity contribution in [1.29, 1.82) is 0 Å². The van der Waals surface area contributed by atoms with Gasteiger partial charge in [-0.2, -0.15) is 0 Å². The number of phenolic OH excluding ortho intramolecular Hbond substituents is 2. The van der Waals surface area contributed by atoms with Crippen molar-refractivity contribution in [1.82, 2.24) is 66.2 Å². The lowest BCUT2D eigenvalue weighted by Crippen LogP contribution is -2.51. The summed E-state index contributed by atoms with van der Waals surface area (Å²) in [4.78, 5) is 96.4. The van der Waals surface area contributed by atoms with Crippen LogP contribution in [-0.2, 0) is 63.3 Å². The topological polar surface area (TPSA) is 390 Å². The van der Waals surface area contributed by atoms with E-state index in [1.165, 1.54) is 0 Å². The lowest BCUT2D eigenvalue weighted by Gasteiger charge is -2.24. The molecule has 2 atom stereocenters. The van der Waals surface area contributed by atoms with Crippen molar-refractivity contribution in [2.75, 3.05) is 58.9 Å². The first-order chi connectivity index (χ1) is 41.5. The van der Waals surface area contributed by atoms with E-state index in [-0.39, 0.29) is 68.9 Å². The number of hydrogen-bond donors (Lipinski definition) is 12. The van der Waals surface area contributed by atoms with E-state index in [9.17, 15) is 59.1 Å². The van der Waals surface area contributed by atoms with Crippen LogP contribution in [0.2, 0.25) is 0 Å². The first-order valence-corrected chi connectivity index (χ1v) is 28.6. The van der Waals surface area contributed by atoms with Crippen LogP contribution in [0.15, 0.2) is 96.4 Å². The number of aliphatic imine (C=N–C) groups is 1. The number of aryl methyl sites for hydroxylation is 1. The predicted octanol–water partition coefficient (Wildman–Crippen LogP) is 3.37. The third-order valence-corrected chi connectivity index (χ3v) is 13.4. The first-order valence-electron chi connectivity index (χ1n) is 28.6. The summed E-state index contributed by atoms with van der Waals surface area (Å²) in [6.45, 7) is 6.34. The Labute approximate surface area is 498 Å². The Bertz CT molecular complexity index is 2940. The van der Waals surface area contributed by atoms with Gasteiger partial charge in [0.25, 0.3) is 0 Å². The van der Waals surface area contributed by atoms with Crippen molar-refractivity contribution in [3.8, 4) is 17.2 Å². The van der Waals surface area contributed by atoms with E-state index >= 15 is 0 Å². The predicted molar refractivity (Wildman–Crippen MR) is 314 cm³/mol. The fourth-order valence-corrected chi connectivity index (χ4v) is 8.74. The maximum atomic E-state index is 13.4. The van der Waals surface area contributed by atoms with E-state index in [4.69, 9.17) is 9.84 Å². The van der Waals surface area contributed by atoms with Gasteiger partial charge in [0.05, 0.1) is 25.8 Å². The van der Waals surface area contributed by atoms with Gasteiger partial charge in [-0.25, -0.2) is 24.2 Å². The van der Waals surface area contributed by atoms with Crippen LogP contribution in [-0.4, -0.2) is 184 Å². The van der Waals surface area contributed by atoms with Crippen molar-refractivity contribution >= 4 is 48.1 Å². The lowest BCUT2D eigenvalue weighted by atomic mass is 10.1. The van der Waals surface area contributed by atoms with Crippen LogP contribution >= 0.6 is 0 Å². The summed E-state index contributed by atoms with van der Waals surface area (Å²) in [6.07, 6.45) is 9.37. The fraction of sp³-hybridized carbons (Fsp3) is 0.466. The highest BCUT2D eigenvalue weighted by Gasteiger charge is 2.25. The number of para-hydroxylation sites is 2. The second kappa shape index (κ2) is 37.9. The number of carbonyl (C=O) groups is 7. The molecule has 0 saturated carbocycles. The number of benzene rings is 3. The summed E-state index contributed by atoms with van der Waals surface area (Å²) in [5, 5.41) is 82.7. The van der Waals surface area contributed by atoms with Crippen LogP contribution < -0.4 is 36.6 Å². The lowest BCUT2D eigenvalue weighted by molar-refractivity contribution is -0.141. The minimum Gasteiger partial charge on any atom is -0.508 e. The van der Waals surface area contributed by atoms with Gasteiger partial charge in [0.15, 0.2) is 0 Å². The molecule has 0 spiro atoms. The van der Waals surface area contributed by atoms with E-state index in [0.29, 0.717) is 126 Å². The van der Waals surface area contributed by atoms with Crippen LogP contribution in [0.3, 0.4) is 0 Å². The van der Waals surface area contributed by atoms with Gasteiger partial charge in [-0.05, 0) is 87.4 Å². The molecule has 0 aliphatic heterocycles. The molecule has 28 heteroatoms. The number of urea groups is 2. The number of nitrogens with zero attached hydrogens (tertiary/aromatic N) is 8.